The van der Waals surface area contributed by atoms with Crippen LogP contribution in [0.4, 0.5) is 17.1 Å². The van der Waals surface area contributed by atoms with Crippen LogP contribution < -0.4 is 14.7 Å². The van der Waals surface area contributed by atoms with Crippen molar-refractivity contribution in [3.8, 4) is 0 Å². The standard InChI is InChI=1S/C22H20ClN3/c1-24-18-12-6-3-9-15(18)22-25(2)19-13-7-4-10-16(19)21(24)26(22)20-14-8-5-11-17(20)23/h3-14,21-22H,1-2H3. The molecule has 0 saturated carbocycles. The number of nitrogens with zero attached hydrogens (tertiary/aromatic N) is 3. The van der Waals surface area contributed by atoms with Crippen LogP contribution in [-0.2, 0) is 0 Å². The van der Waals surface area contributed by atoms with Crippen molar-refractivity contribution in [2.24, 2.45) is 0 Å². The SMILES string of the molecule is CN1c2ccccc2C2N(C)c3ccccc3C1N2c1ccccc1Cl. The van der Waals surface area contributed by atoms with Gasteiger partial charge in [0.1, 0.15) is 12.3 Å². The minimum Gasteiger partial charge on any atom is -0.350 e. The van der Waals surface area contributed by atoms with E-state index in [4.69, 9.17) is 11.6 Å². The van der Waals surface area contributed by atoms with Gasteiger partial charge in [-0.05, 0) is 24.3 Å². The van der Waals surface area contributed by atoms with E-state index in [1.54, 1.807) is 0 Å². The van der Waals surface area contributed by atoms with Crippen LogP contribution in [0.5, 0.6) is 0 Å². The maximum Gasteiger partial charge on any atom is 0.132 e. The van der Waals surface area contributed by atoms with Gasteiger partial charge in [0, 0.05) is 36.6 Å². The van der Waals surface area contributed by atoms with Crippen molar-refractivity contribution in [2.45, 2.75) is 12.3 Å². The van der Waals surface area contributed by atoms with E-state index in [1.165, 1.54) is 22.5 Å². The Morgan fingerprint density at radius 1 is 0.615 bits per heavy atom. The third-order valence-electron chi connectivity index (χ3n) is 5.58. The lowest BCUT2D eigenvalue weighted by Gasteiger charge is -2.57. The molecule has 0 radical (unpaired) electrons. The van der Waals surface area contributed by atoms with Gasteiger partial charge in [-0.25, -0.2) is 0 Å². The molecule has 0 spiro atoms. The van der Waals surface area contributed by atoms with Crippen LogP contribution in [0.1, 0.15) is 23.5 Å². The molecule has 2 atom stereocenters. The van der Waals surface area contributed by atoms with Gasteiger partial charge in [-0.2, -0.15) is 0 Å². The number of hydrogen-bond donors (Lipinski definition) is 0. The third kappa shape index (κ3) is 2.01. The van der Waals surface area contributed by atoms with Crippen LogP contribution in [0.15, 0.2) is 72.8 Å². The molecular formula is C22H20ClN3. The molecule has 0 N–H and O–H groups in total. The Morgan fingerprint density at radius 2 is 1.04 bits per heavy atom. The first-order valence-corrected chi connectivity index (χ1v) is 9.22. The molecule has 4 heteroatoms. The van der Waals surface area contributed by atoms with Crippen LogP contribution in [-0.4, -0.2) is 14.1 Å². The van der Waals surface area contributed by atoms with E-state index >= 15 is 0 Å². The summed E-state index contributed by atoms with van der Waals surface area (Å²) in [5.41, 5.74) is 6.19. The number of anilines is 3. The fourth-order valence-corrected chi connectivity index (χ4v) is 4.70. The molecule has 3 nitrogen and oxygen atoms in total. The van der Waals surface area contributed by atoms with Crippen LogP contribution in [0.3, 0.4) is 0 Å². The highest BCUT2D eigenvalue weighted by molar-refractivity contribution is 6.33. The summed E-state index contributed by atoms with van der Waals surface area (Å²) in [5.74, 6) is 0. The highest BCUT2D eigenvalue weighted by Crippen LogP contribution is 2.54. The van der Waals surface area contributed by atoms with Gasteiger partial charge >= 0.3 is 0 Å². The van der Waals surface area contributed by atoms with Gasteiger partial charge in [0.2, 0.25) is 0 Å². The molecule has 2 heterocycles. The molecule has 2 aliphatic heterocycles. The maximum absolute atomic E-state index is 6.64. The second-order valence-electron chi connectivity index (χ2n) is 6.95. The average Bonchev–Trinajstić information content (AvgIpc) is 2.68. The van der Waals surface area contributed by atoms with Crippen LogP contribution >= 0.6 is 11.6 Å². The zero-order valence-corrected chi connectivity index (χ0v) is 15.6. The van der Waals surface area contributed by atoms with Gasteiger partial charge in [0.25, 0.3) is 0 Å². The number of para-hydroxylation sites is 3. The third-order valence-corrected chi connectivity index (χ3v) is 5.90. The number of halogens is 1. The Kier molecular flexibility index (Phi) is 3.41. The molecule has 0 amide bonds. The second kappa shape index (κ2) is 5.68. The van der Waals surface area contributed by atoms with Crippen molar-refractivity contribution in [2.75, 3.05) is 28.8 Å². The van der Waals surface area contributed by atoms with Crippen molar-refractivity contribution in [3.63, 3.8) is 0 Å². The lowest BCUT2D eigenvalue weighted by Crippen LogP contribution is -2.55. The summed E-state index contributed by atoms with van der Waals surface area (Å²) in [6.45, 7) is 0. The number of benzene rings is 3. The molecule has 5 rings (SSSR count). The monoisotopic (exact) mass is 361 g/mol. The molecule has 130 valence electrons. The average molecular weight is 362 g/mol. The molecule has 0 aliphatic carbocycles. The lowest BCUT2D eigenvalue weighted by atomic mass is 9.92. The molecule has 26 heavy (non-hydrogen) atoms. The van der Waals surface area contributed by atoms with E-state index in [9.17, 15) is 0 Å². The fourth-order valence-electron chi connectivity index (χ4n) is 4.47. The van der Waals surface area contributed by atoms with E-state index in [1.807, 2.05) is 12.1 Å². The topological polar surface area (TPSA) is 9.72 Å². The zero-order chi connectivity index (χ0) is 17.8. The molecule has 0 saturated heterocycles. The van der Waals surface area contributed by atoms with Gasteiger partial charge in [-0.3, -0.25) is 0 Å². The molecule has 2 aliphatic rings. The summed E-state index contributed by atoms with van der Waals surface area (Å²) in [6.07, 6.45) is 0.199. The summed E-state index contributed by atoms with van der Waals surface area (Å²) in [5, 5.41) is 0.781. The first-order chi connectivity index (χ1) is 12.7. The van der Waals surface area contributed by atoms with Gasteiger partial charge in [0.05, 0.1) is 10.7 Å². The first kappa shape index (κ1) is 15.6. The minimum atomic E-state index is 0.0993. The first-order valence-electron chi connectivity index (χ1n) is 8.85. The number of hydrogen-bond acceptors (Lipinski definition) is 3. The van der Waals surface area contributed by atoms with Crippen molar-refractivity contribution >= 4 is 28.7 Å². The second-order valence-corrected chi connectivity index (χ2v) is 7.35. The van der Waals surface area contributed by atoms with Gasteiger partial charge in [0.15, 0.2) is 0 Å². The van der Waals surface area contributed by atoms with Crippen LogP contribution in [0, 0.1) is 0 Å². The molecular weight excluding hydrogens is 342 g/mol. The van der Waals surface area contributed by atoms with Crippen LogP contribution in [0.2, 0.25) is 5.02 Å². The Bertz CT molecular complexity index is 929. The Morgan fingerprint density at radius 3 is 1.54 bits per heavy atom. The summed E-state index contributed by atoms with van der Waals surface area (Å²) < 4.78 is 0. The van der Waals surface area contributed by atoms with Crippen molar-refractivity contribution in [1.29, 1.82) is 0 Å². The largest absolute Gasteiger partial charge is 0.350 e. The van der Waals surface area contributed by atoms with Crippen molar-refractivity contribution in [1.82, 2.24) is 0 Å². The van der Waals surface area contributed by atoms with Gasteiger partial charge in [-0.1, -0.05) is 60.1 Å². The van der Waals surface area contributed by atoms with E-state index in [2.05, 4.69) is 89.5 Å². The summed E-state index contributed by atoms with van der Waals surface area (Å²) in [6, 6.07) is 25.5. The normalized spacial score (nSPS) is 20.7. The van der Waals surface area contributed by atoms with Gasteiger partial charge in [-0.15, -0.1) is 0 Å². The number of fused-ring (bicyclic) bond motifs is 6. The van der Waals surface area contributed by atoms with Crippen molar-refractivity contribution in [3.05, 3.63) is 88.9 Å². The molecule has 2 bridgehead atoms. The molecule has 0 fully saturated rings. The Labute approximate surface area is 159 Å². The van der Waals surface area contributed by atoms with E-state index in [0.29, 0.717) is 0 Å². The zero-order valence-electron chi connectivity index (χ0n) is 14.8. The highest BCUT2D eigenvalue weighted by Gasteiger charge is 2.45. The Balaban J connectivity index is 1.82. The van der Waals surface area contributed by atoms with E-state index < -0.39 is 0 Å². The molecule has 3 aromatic rings. The predicted molar refractivity (Wildman–Crippen MR) is 109 cm³/mol. The summed E-state index contributed by atoms with van der Waals surface area (Å²) in [7, 11) is 4.34. The fraction of sp³-hybridized carbons (Fsp3) is 0.182. The van der Waals surface area contributed by atoms with Gasteiger partial charge < -0.3 is 14.7 Å². The summed E-state index contributed by atoms with van der Waals surface area (Å²) >= 11 is 6.64. The predicted octanol–water partition coefficient (Wildman–Crippen LogP) is 5.44. The lowest BCUT2D eigenvalue weighted by molar-refractivity contribution is 0.464. The molecule has 2 unspecified atom stereocenters. The molecule has 3 aromatic carbocycles. The highest BCUT2D eigenvalue weighted by atomic mass is 35.5. The smallest absolute Gasteiger partial charge is 0.132 e. The van der Waals surface area contributed by atoms with E-state index in [0.717, 1.165) is 10.7 Å². The van der Waals surface area contributed by atoms with Crippen LogP contribution in [0.25, 0.3) is 0 Å². The maximum atomic E-state index is 6.64. The minimum absolute atomic E-state index is 0.0993. The van der Waals surface area contributed by atoms with Crippen molar-refractivity contribution < 1.29 is 0 Å². The summed E-state index contributed by atoms with van der Waals surface area (Å²) in [4.78, 5) is 7.16. The molecule has 0 aromatic heterocycles. The quantitative estimate of drug-likeness (QED) is 0.571. The Hall–Kier alpha value is -2.65. The van der Waals surface area contributed by atoms with E-state index in [-0.39, 0.29) is 12.3 Å². The number of rotatable bonds is 1.